The highest BCUT2D eigenvalue weighted by Crippen LogP contribution is 2.17. The highest BCUT2D eigenvalue weighted by atomic mass is 32.2. The van der Waals surface area contributed by atoms with E-state index < -0.39 is 57.8 Å². The Kier molecular flexibility index (Phi) is 15.5. The summed E-state index contributed by atoms with van der Waals surface area (Å²) in [4.78, 5) is 53.2. The molecule has 0 radical (unpaired) electrons. The van der Waals surface area contributed by atoms with E-state index in [0.29, 0.717) is 19.3 Å². The van der Waals surface area contributed by atoms with Crippen LogP contribution >= 0.6 is 0 Å². The zero-order valence-corrected chi connectivity index (χ0v) is 26.0. The van der Waals surface area contributed by atoms with Gasteiger partial charge < -0.3 is 26.0 Å². The lowest BCUT2D eigenvalue weighted by molar-refractivity contribution is -0.141. The van der Waals surface area contributed by atoms with E-state index in [0.717, 1.165) is 11.7 Å². The van der Waals surface area contributed by atoms with Crippen LogP contribution in [0.25, 0.3) is 0 Å². The molecule has 4 N–H and O–H groups in total. The molecule has 0 aliphatic heterocycles. The van der Waals surface area contributed by atoms with E-state index in [2.05, 4.69) is 16.0 Å². The number of amides is 4. The topological polar surface area (TPSA) is 162 Å². The first-order valence-electron chi connectivity index (χ1n) is 13.6. The molecule has 0 unspecified atom stereocenters. The van der Waals surface area contributed by atoms with Crippen molar-refractivity contribution < 1.29 is 32.7 Å². The predicted octanol–water partition coefficient (Wildman–Crippen LogP) is 1.37. The van der Waals surface area contributed by atoms with E-state index in [4.69, 9.17) is 0 Å². The number of sulfone groups is 1. The molecule has 0 spiro atoms. The Morgan fingerprint density at radius 3 is 1.74 bits per heavy atom. The van der Waals surface area contributed by atoms with Crippen molar-refractivity contribution in [3.63, 3.8) is 0 Å². The second kappa shape index (κ2) is 16.6. The van der Waals surface area contributed by atoms with Crippen molar-refractivity contribution in [2.24, 2.45) is 17.8 Å². The van der Waals surface area contributed by atoms with Crippen molar-refractivity contribution >= 4 is 33.5 Å². The molecule has 11 nitrogen and oxygen atoms in total. The Balaban J connectivity index is 5.97. The van der Waals surface area contributed by atoms with Crippen molar-refractivity contribution in [2.45, 2.75) is 105 Å². The van der Waals surface area contributed by atoms with Gasteiger partial charge in [-0.05, 0) is 31.1 Å². The van der Waals surface area contributed by atoms with Gasteiger partial charge >= 0.3 is 0 Å². The molecular formula is C27H50N4O7S. The Morgan fingerprint density at radius 2 is 1.33 bits per heavy atom. The van der Waals surface area contributed by atoms with Crippen molar-refractivity contribution in [3.8, 4) is 0 Å². The minimum atomic E-state index is -3.42. The monoisotopic (exact) mass is 574 g/mol. The molecule has 4 amide bonds. The standard InChI is InChI=1S/C27H50N4O7S/c1-11-17(5)22(29-27(36)24(18(6)12-2)31(9)20(8)33)25(34)30-23(19(7)32)26(35)28-21(15-16(3)4)13-14-39(10,37)38/h13-14,16-19,21-24,32H,11-12,15H2,1-10H3,(H,28,35)(H,29,36)(H,30,34)/b14-13+/t17-,18-,19+,21+,22-,23-,24-/m0/s1. The number of carbonyl (C=O) groups excluding carboxylic acids is 4. The maximum absolute atomic E-state index is 13.4. The average Bonchev–Trinajstić information content (AvgIpc) is 2.82. The summed E-state index contributed by atoms with van der Waals surface area (Å²) in [6.07, 6.45) is 2.73. The molecule has 39 heavy (non-hydrogen) atoms. The summed E-state index contributed by atoms with van der Waals surface area (Å²) >= 11 is 0. The first-order valence-corrected chi connectivity index (χ1v) is 15.5. The molecule has 0 aliphatic rings. The van der Waals surface area contributed by atoms with Gasteiger partial charge in [-0.25, -0.2) is 8.42 Å². The number of nitrogens with zero attached hydrogens (tertiary/aromatic N) is 1. The van der Waals surface area contributed by atoms with Gasteiger partial charge in [0.2, 0.25) is 23.6 Å². The lowest BCUT2D eigenvalue weighted by atomic mass is 9.94. The van der Waals surface area contributed by atoms with Gasteiger partial charge in [0.15, 0.2) is 9.84 Å². The number of aliphatic hydroxyl groups is 1. The average molecular weight is 575 g/mol. The molecule has 0 fully saturated rings. The van der Waals surface area contributed by atoms with Crippen LogP contribution in [0.4, 0.5) is 0 Å². The molecule has 0 rings (SSSR count). The van der Waals surface area contributed by atoms with Gasteiger partial charge in [0.05, 0.1) is 6.10 Å². The van der Waals surface area contributed by atoms with Crippen LogP contribution in [0.3, 0.4) is 0 Å². The molecule has 0 saturated carbocycles. The largest absolute Gasteiger partial charge is 0.391 e. The quantitative estimate of drug-likeness (QED) is 0.216. The molecule has 0 saturated heterocycles. The van der Waals surface area contributed by atoms with Gasteiger partial charge in [-0.2, -0.15) is 0 Å². The number of likely N-dealkylation sites (N-methyl/N-ethyl adjacent to an activating group) is 1. The highest BCUT2D eigenvalue weighted by Gasteiger charge is 2.36. The van der Waals surface area contributed by atoms with Crippen molar-refractivity contribution in [1.29, 1.82) is 0 Å². The Bertz CT molecular complexity index is 965. The SMILES string of the molecule is CC[C@H](C)[C@H](NC(=O)[C@H]([C@@H](C)CC)N(C)C(C)=O)C(=O)N[C@H](C(=O)N[C@H](/C=C/S(C)(=O)=O)CC(C)C)[C@@H](C)O. The summed E-state index contributed by atoms with van der Waals surface area (Å²) in [7, 11) is -1.89. The summed E-state index contributed by atoms with van der Waals surface area (Å²) in [6, 6.07) is -3.82. The van der Waals surface area contributed by atoms with E-state index in [1.54, 1.807) is 6.92 Å². The van der Waals surface area contributed by atoms with E-state index in [1.165, 1.54) is 31.9 Å². The fraction of sp³-hybridized carbons (Fsp3) is 0.778. The zero-order chi connectivity index (χ0) is 30.7. The second-order valence-electron chi connectivity index (χ2n) is 11.0. The molecular weight excluding hydrogens is 524 g/mol. The predicted molar refractivity (Wildman–Crippen MR) is 152 cm³/mol. The van der Waals surface area contributed by atoms with Crippen LogP contribution < -0.4 is 16.0 Å². The number of hydrogen-bond acceptors (Lipinski definition) is 7. The van der Waals surface area contributed by atoms with Crippen LogP contribution in [0.15, 0.2) is 11.5 Å². The maximum Gasteiger partial charge on any atom is 0.245 e. The van der Waals surface area contributed by atoms with Crippen molar-refractivity contribution in [3.05, 3.63) is 11.5 Å². The first kappa shape index (κ1) is 36.5. The van der Waals surface area contributed by atoms with Crippen LogP contribution in [0.1, 0.15) is 74.7 Å². The Morgan fingerprint density at radius 1 is 0.846 bits per heavy atom. The molecule has 226 valence electrons. The summed E-state index contributed by atoms with van der Waals surface area (Å²) in [6.45, 7) is 13.9. The fourth-order valence-electron chi connectivity index (χ4n) is 4.03. The number of aliphatic hydroxyl groups excluding tert-OH is 1. The van der Waals surface area contributed by atoms with E-state index >= 15 is 0 Å². The first-order chi connectivity index (χ1) is 17.9. The highest BCUT2D eigenvalue weighted by molar-refractivity contribution is 7.93. The lowest BCUT2D eigenvalue weighted by Crippen LogP contribution is -2.61. The van der Waals surface area contributed by atoms with Gasteiger partial charge in [0.25, 0.3) is 0 Å². The van der Waals surface area contributed by atoms with Crippen molar-refractivity contribution in [1.82, 2.24) is 20.9 Å². The van der Waals surface area contributed by atoms with E-state index in [1.807, 2.05) is 34.6 Å². The van der Waals surface area contributed by atoms with Crippen LogP contribution in [0.5, 0.6) is 0 Å². The molecule has 0 aromatic heterocycles. The summed E-state index contributed by atoms with van der Waals surface area (Å²) in [5, 5.41) is 19.4. The number of carbonyl (C=O) groups is 4. The molecule has 12 heteroatoms. The zero-order valence-electron chi connectivity index (χ0n) is 25.1. The summed E-state index contributed by atoms with van der Waals surface area (Å²) < 4.78 is 23.2. The van der Waals surface area contributed by atoms with E-state index in [9.17, 15) is 32.7 Å². The third-order valence-corrected chi connectivity index (χ3v) is 7.48. The normalized spacial score (nSPS) is 17.4. The third kappa shape index (κ3) is 13.0. The third-order valence-electron chi connectivity index (χ3n) is 6.83. The van der Waals surface area contributed by atoms with Crippen LogP contribution in [-0.4, -0.2) is 85.6 Å². The number of hydrogen-bond donors (Lipinski definition) is 4. The Labute approximate surface area is 234 Å². The van der Waals surface area contributed by atoms with Gasteiger partial charge in [-0.15, -0.1) is 0 Å². The maximum atomic E-state index is 13.4. The molecule has 7 atom stereocenters. The molecule has 0 aromatic rings. The van der Waals surface area contributed by atoms with Gasteiger partial charge in [0, 0.05) is 31.7 Å². The smallest absolute Gasteiger partial charge is 0.245 e. The van der Waals surface area contributed by atoms with Crippen LogP contribution in [-0.2, 0) is 29.0 Å². The van der Waals surface area contributed by atoms with Gasteiger partial charge in [-0.1, -0.05) is 60.5 Å². The fourth-order valence-corrected chi connectivity index (χ4v) is 4.50. The Hall–Kier alpha value is -2.47. The van der Waals surface area contributed by atoms with E-state index in [-0.39, 0.29) is 23.7 Å². The van der Waals surface area contributed by atoms with Crippen LogP contribution in [0, 0.1) is 17.8 Å². The molecule has 0 heterocycles. The van der Waals surface area contributed by atoms with Crippen LogP contribution in [0.2, 0.25) is 0 Å². The number of nitrogens with one attached hydrogen (secondary N) is 3. The molecule has 0 bridgehead atoms. The minimum Gasteiger partial charge on any atom is -0.391 e. The van der Waals surface area contributed by atoms with Gasteiger partial charge in [0.1, 0.15) is 18.1 Å². The summed E-state index contributed by atoms with van der Waals surface area (Å²) in [5.41, 5.74) is 0. The summed E-state index contributed by atoms with van der Waals surface area (Å²) in [5.74, 6) is -2.48. The second-order valence-corrected chi connectivity index (χ2v) is 12.9. The molecule has 0 aliphatic carbocycles. The lowest BCUT2D eigenvalue weighted by Gasteiger charge is -2.34. The number of rotatable bonds is 16. The minimum absolute atomic E-state index is 0.121. The van der Waals surface area contributed by atoms with Crippen molar-refractivity contribution in [2.75, 3.05) is 13.3 Å². The molecule has 0 aromatic carbocycles. The van der Waals surface area contributed by atoms with Gasteiger partial charge in [-0.3, -0.25) is 19.2 Å².